The molecule has 4 nitrogen and oxygen atoms in total. The lowest BCUT2D eigenvalue weighted by molar-refractivity contribution is 0.428. The monoisotopic (exact) mass is 368 g/mol. The topological polar surface area (TPSA) is 48.5 Å². The molecule has 1 atom stereocenters. The fraction of sp³-hybridized carbons (Fsp3) is 0.381. The number of hydrogen-bond acceptors (Lipinski definition) is 4. The minimum atomic E-state index is -0.187. The third kappa shape index (κ3) is 3.71. The van der Waals surface area contributed by atoms with Crippen LogP contribution in [0.4, 0.5) is 11.4 Å². The molecule has 0 amide bonds. The van der Waals surface area contributed by atoms with E-state index in [1.54, 1.807) is 0 Å². The van der Waals surface area contributed by atoms with Crippen LogP contribution in [0.5, 0.6) is 0 Å². The van der Waals surface area contributed by atoms with Gasteiger partial charge in [0, 0.05) is 18.1 Å². The van der Waals surface area contributed by atoms with Gasteiger partial charge in [0.2, 0.25) is 0 Å². The molecule has 136 valence electrons. The van der Waals surface area contributed by atoms with E-state index in [9.17, 15) is 0 Å². The summed E-state index contributed by atoms with van der Waals surface area (Å²) < 4.78 is 0. The molecule has 2 aliphatic rings. The Bertz CT molecular complexity index is 794. The number of aliphatic imine (C=N–C) groups is 1. The summed E-state index contributed by atoms with van der Waals surface area (Å²) >= 11 is 6.13. The van der Waals surface area contributed by atoms with Gasteiger partial charge < -0.3 is 16.0 Å². The molecule has 5 heteroatoms. The number of anilines is 1. The molecule has 0 bridgehead atoms. The molecule has 1 unspecified atom stereocenters. The van der Waals surface area contributed by atoms with E-state index in [1.807, 2.05) is 24.3 Å². The smallest absolute Gasteiger partial charge is 0.130 e. The number of benzene rings is 2. The molecule has 0 saturated carbocycles. The van der Waals surface area contributed by atoms with Gasteiger partial charge in [-0.25, -0.2) is 4.99 Å². The maximum absolute atomic E-state index is 6.13. The van der Waals surface area contributed by atoms with Crippen molar-refractivity contribution in [2.75, 3.05) is 18.4 Å². The molecule has 26 heavy (non-hydrogen) atoms. The maximum Gasteiger partial charge on any atom is 0.130 e. The lowest BCUT2D eigenvalue weighted by Crippen LogP contribution is -2.59. The third-order valence-electron chi connectivity index (χ3n) is 5.20. The standard InChI is InChI=1S/C21H25ClN4/c22-17-8-6-7-16(13-17)14-24-20-21(11-4-1-5-12-23-15-21)26-19-10-3-2-9-18(19)25-20/h2-3,6-10,13,23,26H,1,4-5,11-12,14-15H2,(H,24,25). The van der Waals surface area contributed by atoms with Crippen LogP contribution in [0.15, 0.2) is 53.5 Å². The average molecular weight is 369 g/mol. The number of fused-ring (bicyclic) bond motifs is 1. The Hall–Kier alpha value is -2.04. The summed E-state index contributed by atoms with van der Waals surface area (Å²) in [7, 11) is 0. The van der Waals surface area contributed by atoms with Gasteiger partial charge in [0.25, 0.3) is 0 Å². The van der Waals surface area contributed by atoms with Crippen LogP contribution in [-0.4, -0.2) is 24.5 Å². The van der Waals surface area contributed by atoms with Crippen molar-refractivity contribution in [3.63, 3.8) is 0 Å². The Morgan fingerprint density at radius 1 is 1.08 bits per heavy atom. The van der Waals surface area contributed by atoms with Gasteiger partial charge in [-0.2, -0.15) is 0 Å². The van der Waals surface area contributed by atoms with E-state index < -0.39 is 0 Å². The first-order chi connectivity index (χ1) is 12.8. The van der Waals surface area contributed by atoms with Crippen molar-refractivity contribution in [1.29, 1.82) is 0 Å². The van der Waals surface area contributed by atoms with Crippen LogP contribution in [-0.2, 0) is 6.54 Å². The SMILES string of the molecule is Clc1cccc(CNC2=Nc3ccccc3NC23CCCCCNC3)c1. The van der Waals surface area contributed by atoms with E-state index in [1.165, 1.54) is 19.3 Å². The van der Waals surface area contributed by atoms with Crippen molar-refractivity contribution in [2.24, 2.45) is 4.99 Å². The molecule has 0 aliphatic carbocycles. The molecule has 3 N–H and O–H groups in total. The van der Waals surface area contributed by atoms with Crippen LogP contribution in [0.1, 0.15) is 31.2 Å². The van der Waals surface area contributed by atoms with Crippen molar-refractivity contribution in [3.8, 4) is 0 Å². The Kier molecular flexibility index (Phi) is 5.14. The summed E-state index contributed by atoms with van der Waals surface area (Å²) in [5, 5.41) is 11.8. The fourth-order valence-electron chi connectivity index (χ4n) is 3.82. The second kappa shape index (κ2) is 7.68. The van der Waals surface area contributed by atoms with E-state index in [0.29, 0.717) is 6.54 Å². The fourth-order valence-corrected chi connectivity index (χ4v) is 4.03. The summed E-state index contributed by atoms with van der Waals surface area (Å²) in [6.07, 6.45) is 4.76. The number of halogens is 1. The summed E-state index contributed by atoms with van der Waals surface area (Å²) in [6.45, 7) is 2.65. The molecule has 2 aliphatic heterocycles. The van der Waals surface area contributed by atoms with Crippen LogP contribution in [0.3, 0.4) is 0 Å². The highest BCUT2D eigenvalue weighted by atomic mass is 35.5. The Balaban J connectivity index is 1.63. The lowest BCUT2D eigenvalue weighted by Gasteiger charge is -2.41. The van der Waals surface area contributed by atoms with E-state index in [0.717, 1.165) is 47.3 Å². The zero-order valence-electron chi connectivity index (χ0n) is 14.9. The lowest BCUT2D eigenvalue weighted by atomic mass is 9.87. The molecule has 1 spiro atoms. The van der Waals surface area contributed by atoms with E-state index in [4.69, 9.17) is 16.6 Å². The summed E-state index contributed by atoms with van der Waals surface area (Å²) in [4.78, 5) is 5.00. The van der Waals surface area contributed by atoms with Gasteiger partial charge in [-0.05, 0) is 49.2 Å². The van der Waals surface area contributed by atoms with E-state index >= 15 is 0 Å². The second-order valence-electron chi connectivity index (χ2n) is 7.16. The molecule has 0 radical (unpaired) electrons. The number of para-hydroxylation sites is 2. The van der Waals surface area contributed by atoms with Crippen LogP contribution >= 0.6 is 11.6 Å². The number of nitrogens with one attached hydrogen (secondary N) is 3. The van der Waals surface area contributed by atoms with Gasteiger partial charge in [0.1, 0.15) is 11.4 Å². The number of amidine groups is 1. The van der Waals surface area contributed by atoms with E-state index in [2.05, 4.69) is 40.2 Å². The zero-order chi connectivity index (χ0) is 17.8. The molecule has 1 saturated heterocycles. The van der Waals surface area contributed by atoms with Crippen LogP contribution < -0.4 is 16.0 Å². The van der Waals surface area contributed by atoms with Crippen LogP contribution in [0, 0.1) is 0 Å². The number of hydrogen-bond donors (Lipinski definition) is 3. The molecule has 2 aromatic rings. The first-order valence-corrected chi connectivity index (χ1v) is 9.78. The molecular weight excluding hydrogens is 344 g/mol. The highest BCUT2D eigenvalue weighted by Gasteiger charge is 2.39. The number of rotatable bonds is 2. The van der Waals surface area contributed by atoms with Gasteiger partial charge in [-0.1, -0.05) is 48.7 Å². The third-order valence-corrected chi connectivity index (χ3v) is 5.43. The van der Waals surface area contributed by atoms with Gasteiger partial charge in [0.15, 0.2) is 0 Å². The second-order valence-corrected chi connectivity index (χ2v) is 7.59. The van der Waals surface area contributed by atoms with Gasteiger partial charge in [-0.15, -0.1) is 0 Å². The predicted molar refractivity (Wildman–Crippen MR) is 110 cm³/mol. The van der Waals surface area contributed by atoms with E-state index in [-0.39, 0.29) is 5.54 Å². The minimum absolute atomic E-state index is 0.187. The van der Waals surface area contributed by atoms with Crippen molar-refractivity contribution in [3.05, 3.63) is 59.1 Å². The Morgan fingerprint density at radius 2 is 2.00 bits per heavy atom. The maximum atomic E-state index is 6.13. The van der Waals surface area contributed by atoms with Gasteiger partial charge >= 0.3 is 0 Å². The number of nitrogens with zero attached hydrogens (tertiary/aromatic N) is 1. The Labute approximate surface area is 160 Å². The first kappa shape index (κ1) is 17.4. The van der Waals surface area contributed by atoms with Gasteiger partial charge in [0.05, 0.1) is 11.4 Å². The summed E-state index contributed by atoms with van der Waals surface area (Å²) in [5.74, 6) is 1.02. The summed E-state index contributed by atoms with van der Waals surface area (Å²) in [6, 6.07) is 16.3. The molecule has 1 fully saturated rings. The minimum Gasteiger partial charge on any atom is -0.370 e. The van der Waals surface area contributed by atoms with Crippen molar-refractivity contribution >= 4 is 28.8 Å². The largest absolute Gasteiger partial charge is 0.370 e. The van der Waals surface area contributed by atoms with Crippen molar-refractivity contribution < 1.29 is 0 Å². The van der Waals surface area contributed by atoms with Crippen molar-refractivity contribution in [2.45, 2.75) is 37.8 Å². The first-order valence-electron chi connectivity index (χ1n) is 9.41. The molecular formula is C21H25ClN4. The normalized spacial score (nSPS) is 22.6. The molecule has 4 rings (SSSR count). The zero-order valence-corrected chi connectivity index (χ0v) is 15.6. The van der Waals surface area contributed by atoms with Gasteiger partial charge in [-0.3, -0.25) is 0 Å². The highest BCUT2D eigenvalue weighted by Crippen LogP contribution is 2.35. The summed E-state index contributed by atoms with van der Waals surface area (Å²) in [5.41, 5.74) is 3.08. The molecule has 2 heterocycles. The van der Waals surface area contributed by atoms with Crippen molar-refractivity contribution in [1.82, 2.24) is 10.6 Å². The van der Waals surface area contributed by atoms with Crippen LogP contribution in [0.2, 0.25) is 5.02 Å². The predicted octanol–water partition coefficient (Wildman–Crippen LogP) is 4.49. The quantitative estimate of drug-likeness (QED) is 0.732. The van der Waals surface area contributed by atoms with Crippen LogP contribution in [0.25, 0.3) is 0 Å². The Morgan fingerprint density at radius 3 is 2.92 bits per heavy atom. The molecule has 2 aromatic carbocycles. The molecule has 0 aromatic heterocycles. The average Bonchev–Trinajstić information content (AvgIpc) is 2.63. The highest BCUT2D eigenvalue weighted by molar-refractivity contribution is 6.30.